The van der Waals surface area contributed by atoms with Gasteiger partial charge in [0.1, 0.15) is 5.60 Å². The molecule has 0 saturated heterocycles. The van der Waals surface area contributed by atoms with Crippen molar-refractivity contribution in [3.8, 4) is 11.5 Å². The predicted octanol–water partition coefficient (Wildman–Crippen LogP) is 3.66. The third kappa shape index (κ3) is 4.82. The zero-order valence-electron chi connectivity index (χ0n) is 16.6. The summed E-state index contributed by atoms with van der Waals surface area (Å²) < 4.78 is 16.7. The Labute approximate surface area is 164 Å². The van der Waals surface area contributed by atoms with Gasteiger partial charge < -0.3 is 19.5 Å². The quantitative estimate of drug-likeness (QED) is 0.771. The van der Waals surface area contributed by atoms with Crippen LogP contribution in [0.2, 0.25) is 0 Å². The lowest BCUT2D eigenvalue weighted by Gasteiger charge is -2.18. The van der Waals surface area contributed by atoms with E-state index in [4.69, 9.17) is 14.2 Å². The van der Waals surface area contributed by atoms with Crippen LogP contribution in [-0.4, -0.2) is 30.2 Å². The maximum absolute atomic E-state index is 12.2. The van der Waals surface area contributed by atoms with Gasteiger partial charge in [-0.3, -0.25) is 4.79 Å². The number of hydrogen-bond acceptors (Lipinski definition) is 5. The molecule has 6 heteroatoms. The van der Waals surface area contributed by atoms with Crippen molar-refractivity contribution in [2.75, 3.05) is 11.9 Å². The molecule has 2 aromatic rings. The molecule has 1 aliphatic rings. The molecule has 148 valence electrons. The summed E-state index contributed by atoms with van der Waals surface area (Å²) in [5.74, 6) is 0.131. The molecular formula is C22H25NO5. The topological polar surface area (TPSA) is 73.9 Å². The third-order valence-electron chi connectivity index (χ3n) is 4.40. The van der Waals surface area contributed by atoms with Crippen molar-refractivity contribution in [3.05, 3.63) is 53.6 Å². The lowest BCUT2D eigenvalue weighted by Crippen LogP contribution is -2.31. The Bertz CT molecular complexity index is 873. The van der Waals surface area contributed by atoms with Crippen molar-refractivity contribution in [2.45, 2.75) is 45.8 Å². The molecule has 2 aromatic carbocycles. The second-order valence-corrected chi connectivity index (χ2v) is 7.56. The van der Waals surface area contributed by atoms with Crippen LogP contribution in [0.1, 0.15) is 31.9 Å². The van der Waals surface area contributed by atoms with E-state index >= 15 is 0 Å². The summed E-state index contributed by atoms with van der Waals surface area (Å²) in [5.41, 5.74) is 2.48. The molecule has 0 bridgehead atoms. The first-order chi connectivity index (χ1) is 13.2. The number of hydrogen-bond donors (Lipinski definition) is 1. The van der Waals surface area contributed by atoms with E-state index in [1.807, 2.05) is 45.0 Å². The van der Waals surface area contributed by atoms with E-state index in [9.17, 15) is 9.59 Å². The van der Waals surface area contributed by atoms with Crippen molar-refractivity contribution in [2.24, 2.45) is 0 Å². The Morgan fingerprint density at radius 1 is 1.18 bits per heavy atom. The van der Waals surface area contributed by atoms with Crippen LogP contribution in [0.25, 0.3) is 0 Å². The summed E-state index contributed by atoms with van der Waals surface area (Å²) in [7, 11) is 0. The van der Waals surface area contributed by atoms with Gasteiger partial charge in [0.25, 0.3) is 5.91 Å². The van der Waals surface area contributed by atoms with Gasteiger partial charge in [-0.15, -0.1) is 0 Å². The Balaban J connectivity index is 1.51. The van der Waals surface area contributed by atoms with E-state index in [2.05, 4.69) is 5.32 Å². The van der Waals surface area contributed by atoms with Gasteiger partial charge in [-0.2, -0.15) is 0 Å². The minimum atomic E-state index is -0.936. The molecule has 3 rings (SSSR count). The van der Waals surface area contributed by atoms with Crippen LogP contribution in [0.4, 0.5) is 5.69 Å². The number of aryl methyl sites for hydroxylation is 1. The standard InChI is InChI=1S/C22H25NO5/c1-14-8-10-17(11-9-14)23-21(25)15(2)27-19(24)13-26-18-7-5-6-16-12-22(3,4)28-20(16)18/h5-11,15H,12-13H2,1-4H3,(H,23,25)/t15-/m1/s1. The molecule has 0 saturated carbocycles. The highest BCUT2D eigenvalue weighted by molar-refractivity contribution is 5.95. The smallest absolute Gasteiger partial charge is 0.344 e. The van der Waals surface area contributed by atoms with E-state index in [0.29, 0.717) is 17.2 Å². The highest BCUT2D eigenvalue weighted by Crippen LogP contribution is 2.41. The molecule has 0 aliphatic carbocycles. The van der Waals surface area contributed by atoms with Gasteiger partial charge in [0, 0.05) is 17.7 Å². The van der Waals surface area contributed by atoms with Crippen LogP contribution in [0.15, 0.2) is 42.5 Å². The van der Waals surface area contributed by atoms with Crippen LogP contribution in [0.3, 0.4) is 0 Å². The molecule has 0 fully saturated rings. The number of para-hydroxylation sites is 1. The number of esters is 1. The summed E-state index contributed by atoms with van der Waals surface area (Å²) in [4.78, 5) is 24.3. The summed E-state index contributed by atoms with van der Waals surface area (Å²) in [6.45, 7) is 7.18. The zero-order valence-corrected chi connectivity index (χ0v) is 16.6. The van der Waals surface area contributed by atoms with Crippen molar-refractivity contribution in [1.29, 1.82) is 0 Å². The Morgan fingerprint density at radius 3 is 2.61 bits per heavy atom. The molecule has 0 aromatic heterocycles. The Hall–Kier alpha value is -3.02. The molecule has 1 atom stereocenters. The lowest BCUT2D eigenvalue weighted by atomic mass is 10.0. The van der Waals surface area contributed by atoms with Crippen molar-refractivity contribution in [3.63, 3.8) is 0 Å². The van der Waals surface area contributed by atoms with Gasteiger partial charge in [-0.1, -0.05) is 29.8 Å². The monoisotopic (exact) mass is 383 g/mol. The molecule has 0 spiro atoms. The van der Waals surface area contributed by atoms with E-state index < -0.39 is 18.0 Å². The average Bonchev–Trinajstić information content (AvgIpc) is 2.96. The number of nitrogens with one attached hydrogen (secondary N) is 1. The molecule has 28 heavy (non-hydrogen) atoms. The minimum absolute atomic E-state index is 0.301. The largest absolute Gasteiger partial charge is 0.483 e. The maximum Gasteiger partial charge on any atom is 0.344 e. The van der Waals surface area contributed by atoms with E-state index in [1.165, 1.54) is 6.92 Å². The van der Waals surface area contributed by atoms with Crippen molar-refractivity contribution < 1.29 is 23.8 Å². The van der Waals surface area contributed by atoms with Gasteiger partial charge in [0.2, 0.25) is 0 Å². The van der Waals surface area contributed by atoms with Gasteiger partial charge >= 0.3 is 5.97 Å². The molecule has 1 aliphatic heterocycles. The fourth-order valence-electron chi connectivity index (χ4n) is 3.00. The Kier molecular flexibility index (Phi) is 5.58. The molecule has 1 amide bonds. The number of benzene rings is 2. The normalized spacial score (nSPS) is 15.1. The molecular weight excluding hydrogens is 358 g/mol. The number of anilines is 1. The van der Waals surface area contributed by atoms with Crippen molar-refractivity contribution in [1.82, 2.24) is 0 Å². The number of ether oxygens (including phenoxy) is 3. The molecule has 1 N–H and O–H groups in total. The summed E-state index contributed by atoms with van der Waals surface area (Å²) in [6, 6.07) is 13.0. The van der Waals surface area contributed by atoms with Gasteiger partial charge in [-0.25, -0.2) is 4.79 Å². The average molecular weight is 383 g/mol. The molecule has 0 unspecified atom stereocenters. The minimum Gasteiger partial charge on any atom is -0.483 e. The second kappa shape index (κ2) is 7.92. The summed E-state index contributed by atoms with van der Waals surface area (Å²) >= 11 is 0. The molecule has 1 heterocycles. The molecule has 6 nitrogen and oxygen atoms in total. The number of carbonyl (C=O) groups is 2. The fraction of sp³-hybridized carbons (Fsp3) is 0.364. The summed E-state index contributed by atoms with van der Waals surface area (Å²) in [5, 5.41) is 2.71. The maximum atomic E-state index is 12.2. The second-order valence-electron chi connectivity index (χ2n) is 7.56. The summed E-state index contributed by atoms with van der Waals surface area (Å²) in [6.07, 6.45) is -0.158. The third-order valence-corrected chi connectivity index (χ3v) is 4.40. The first-order valence-corrected chi connectivity index (χ1v) is 9.24. The number of amides is 1. The van der Waals surface area contributed by atoms with Crippen LogP contribution in [0, 0.1) is 6.92 Å². The lowest BCUT2D eigenvalue weighted by molar-refractivity contribution is -0.155. The van der Waals surface area contributed by atoms with Crippen LogP contribution < -0.4 is 14.8 Å². The zero-order chi connectivity index (χ0) is 20.3. The van der Waals surface area contributed by atoms with Gasteiger partial charge in [-0.05, 0) is 45.9 Å². The fourth-order valence-corrected chi connectivity index (χ4v) is 3.00. The number of fused-ring (bicyclic) bond motifs is 1. The predicted molar refractivity (Wildman–Crippen MR) is 106 cm³/mol. The number of rotatable bonds is 6. The number of carbonyl (C=O) groups excluding carboxylic acids is 2. The molecule has 0 radical (unpaired) electrons. The highest BCUT2D eigenvalue weighted by Gasteiger charge is 2.32. The first kappa shape index (κ1) is 19.7. The SMILES string of the molecule is Cc1ccc(NC(=O)[C@@H](C)OC(=O)COc2cccc3c2OC(C)(C)C3)cc1. The van der Waals surface area contributed by atoms with Crippen molar-refractivity contribution >= 4 is 17.6 Å². The van der Waals surface area contributed by atoms with E-state index in [1.54, 1.807) is 18.2 Å². The Morgan fingerprint density at radius 2 is 1.89 bits per heavy atom. The first-order valence-electron chi connectivity index (χ1n) is 9.24. The van der Waals surface area contributed by atoms with E-state index in [-0.39, 0.29) is 12.2 Å². The van der Waals surface area contributed by atoms with Gasteiger partial charge in [0.05, 0.1) is 0 Å². The van der Waals surface area contributed by atoms with Gasteiger partial charge in [0.15, 0.2) is 24.2 Å². The van der Waals surface area contributed by atoms with E-state index in [0.717, 1.165) is 17.5 Å². The van der Waals surface area contributed by atoms with Crippen LogP contribution in [-0.2, 0) is 20.7 Å². The highest BCUT2D eigenvalue weighted by atomic mass is 16.6. The van der Waals surface area contributed by atoms with Crippen LogP contribution in [0.5, 0.6) is 11.5 Å². The van der Waals surface area contributed by atoms with Crippen LogP contribution >= 0.6 is 0 Å².